The monoisotopic (exact) mass is 681 g/mol. The highest BCUT2D eigenvalue weighted by molar-refractivity contribution is 8.01. The number of carbonyl (C=O) groups excluding carboxylic acids is 5. The summed E-state index contributed by atoms with van der Waals surface area (Å²) < 4.78 is 19.8. The van der Waals surface area contributed by atoms with Crippen LogP contribution in [0.4, 0.5) is 9.59 Å². The molecule has 2 heterocycles. The Hall–Kier alpha value is -4.75. The second-order valence-corrected chi connectivity index (χ2v) is 13.1. The van der Waals surface area contributed by atoms with E-state index in [4.69, 9.17) is 25.8 Å². The highest BCUT2D eigenvalue weighted by Gasteiger charge is 2.64. The fourth-order valence-corrected chi connectivity index (χ4v) is 6.96. The van der Waals surface area contributed by atoms with E-state index < -0.39 is 64.3 Å². The Morgan fingerprint density at radius 1 is 0.872 bits per heavy atom. The fourth-order valence-electron chi connectivity index (χ4n) is 5.25. The summed E-state index contributed by atoms with van der Waals surface area (Å²) in [6.45, 7) is 3.71. The van der Waals surface area contributed by atoms with Gasteiger partial charge in [0.1, 0.15) is 42.5 Å². The number of hydrogen-bond donors (Lipinski definition) is 2. The number of carbonyl (C=O) groups is 5. The first-order valence-corrected chi connectivity index (χ1v) is 16.0. The maximum absolute atomic E-state index is 13.7. The van der Waals surface area contributed by atoms with Gasteiger partial charge in [-0.25, -0.2) is 14.4 Å². The number of rotatable bonds is 11. The zero-order valence-corrected chi connectivity index (χ0v) is 27.0. The summed E-state index contributed by atoms with van der Waals surface area (Å²) in [6, 6.07) is 20.4. The molecule has 246 valence electrons. The lowest BCUT2D eigenvalue weighted by Crippen LogP contribution is -2.71. The van der Waals surface area contributed by atoms with Gasteiger partial charge in [-0.1, -0.05) is 84.4 Å². The molecule has 14 heteroatoms. The number of alkyl halides is 1. The molecule has 2 N–H and O–H groups in total. The van der Waals surface area contributed by atoms with Crippen LogP contribution in [0.15, 0.2) is 84.9 Å². The van der Waals surface area contributed by atoms with E-state index in [1.54, 1.807) is 24.3 Å². The first kappa shape index (κ1) is 33.6. The van der Waals surface area contributed by atoms with Crippen molar-refractivity contribution in [2.45, 2.75) is 55.3 Å². The molecular weight excluding hydrogens is 650 g/mol. The van der Waals surface area contributed by atoms with Gasteiger partial charge < -0.3 is 34.5 Å². The number of alkyl carbamates (subject to hydrolysis) is 1. The third-order valence-corrected chi connectivity index (χ3v) is 9.19. The minimum absolute atomic E-state index is 0.0396. The summed E-state index contributed by atoms with van der Waals surface area (Å²) in [5, 5.41) is 4.76. The fraction of sp³-hybridized carbons (Fsp3) is 0.303. The second kappa shape index (κ2) is 14.8. The topological polar surface area (TPSA) is 150 Å². The number of amides is 3. The van der Waals surface area contributed by atoms with Crippen LogP contribution in [0.1, 0.15) is 36.6 Å². The van der Waals surface area contributed by atoms with Crippen LogP contribution < -0.4 is 15.4 Å². The molecule has 2 aliphatic heterocycles. The first-order valence-electron chi connectivity index (χ1n) is 14.6. The number of benzene rings is 3. The number of thioether (sulfide) groups is 1. The van der Waals surface area contributed by atoms with Gasteiger partial charge in [-0.3, -0.25) is 9.59 Å². The van der Waals surface area contributed by atoms with E-state index in [0.717, 1.165) is 11.1 Å². The van der Waals surface area contributed by atoms with E-state index in [0.29, 0.717) is 5.56 Å². The SMILES string of the molecule is CC1(C)S[C@@H]2[C@H](NC(=O)C(NC(=O)OCc3ccccc3)c3ccc(OC(=O)OCCl)cc3)C(=O)N2[C@H]1C(=O)OCc1ccccc1. The van der Waals surface area contributed by atoms with Crippen molar-refractivity contribution < 1.29 is 42.9 Å². The molecular formula is C33H32ClN3O9S. The molecule has 12 nitrogen and oxygen atoms in total. The maximum Gasteiger partial charge on any atom is 0.515 e. The van der Waals surface area contributed by atoms with Crippen molar-refractivity contribution in [2.24, 2.45) is 0 Å². The predicted octanol–water partition coefficient (Wildman–Crippen LogP) is 4.66. The van der Waals surface area contributed by atoms with Crippen LogP contribution in [0.25, 0.3) is 0 Å². The largest absolute Gasteiger partial charge is 0.515 e. The van der Waals surface area contributed by atoms with Crippen molar-refractivity contribution in [3.8, 4) is 5.75 Å². The zero-order chi connectivity index (χ0) is 33.6. The predicted molar refractivity (Wildman–Crippen MR) is 171 cm³/mol. The van der Waals surface area contributed by atoms with Crippen molar-refractivity contribution in [2.75, 3.05) is 6.07 Å². The average molecular weight is 682 g/mol. The van der Waals surface area contributed by atoms with Gasteiger partial charge in [0.05, 0.1) is 0 Å². The third kappa shape index (κ3) is 7.98. The van der Waals surface area contributed by atoms with Crippen LogP contribution in [0, 0.1) is 0 Å². The maximum atomic E-state index is 13.7. The smallest absolute Gasteiger partial charge is 0.459 e. The lowest BCUT2D eigenvalue weighted by atomic mass is 9.95. The number of nitrogens with one attached hydrogen (secondary N) is 2. The Balaban J connectivity index is 1.27. The van der Waals surface area contributed by atoms with E-state index >= 15 is 0 Å². The Morgan fingerprint density at radius 3 is 2.06 bits per heavy atom. The third-order valence-electron chi connectivity index (χ3n) is 7.51. The number of fused-ring (bicyclic) bond motifs is 1. The second-order valence-electron chi connectivity index (χ2n) is 11.2. The van der Waals surface area contributed by atoms with Crippen LogP contribution in [-0.4, -0.2) is 63.2 Å². The van der Waals surface area contributed by atoms with Crippen LogP contribution in [-0.2, 0) is 41.8 Å². The van der Waals surface area contributed by atoms with Gasteiger partial charge in [0.15, 0.2) is 6.07 Å². The lowest BCUT2D eigenvalue weighted by molar-refractivity contribution is -0.165. The minimum atomic E-state index is -1.30. The Labute approximate surface area is 280 Å². The molecule has 0 aliphatic carbocycles. The summed E-state index contributed by atoms with van der Waals surface area (Å²) in [6.07, 6.45) is -1.89. The number of esters is 1. The molecule has 2 fully saturated rings. The number of halogens is 1. The molecule has 0 radical (unpaired) electrons. The van der Waals surface area contributed by atoms with E-state index in [1.165, 1.54) is 40.9 Å². The highest BCUT2D eigenvalue weighted by atomic mass is 35.5. The first-order chi connectivity index (χ1) is 22.6. The van der Waals surface area contributed by atoms with Gasteiger partial charge >= 0.3 is 18.2 Å². The van der Waals surface area contributed by atoms with Crippen LogP contribution in [0.3, 0.4) is 0 Å². The molecule has 3 aromatic rings. The molecule has 0 saturated carbocycles. The molecule has 0 spiro atoms. The number of β-lactam (4-membered cyclic amide) rings is 1. The van der Waals surface area contributed by atoms with Gasteiger partial charge in [-0.05, 0) is 42.7 Å². The summed E-state index contributed by atoms with van der Waals surface area (Å²) in [7, 11) is 0. The van der Waals surface area contributed by atoms with Gasteiger partial charge in [-0.2, -0.15) is 0 Å². The van der Waals surface area contributed by atoms with Crippen molar-refractivity contribution >= 4 is 53.4 Å². The molecule has 1 unspecified atom stereocenters. The molecule has 0 bridgehead atoms. The molecule has 3 amide bonds. The van der Waals surface area contributed by atoms with Crippen molar-refractivity contribution in [1.29, 1.82) is 0 Å². The van der Waals surface area contributed by atoms with E-state index in [2.05, 4.69) is 15.4 Å². The Kier molecular flexibility index (Phi) is 10.6. The summed E-state index contributed by atoms with van der Waals surface area (Å²) in [5.41, 5.74) is 1.87. The van der Waals surface area contributed by atoms with E-state index in [9.17, 15) is 24.0 Å². The summed E-state index contributed by atoms with van der Waals surface area (Å²) in [5.74, 6) is -1.57. The van der Waals surface area contributed by atoms with Crippen molar-refractivity contribution in [3.05, 3.63) is 102 Å². The van der Waals surface area contributed by atoms with Gasteiger partial charge in [0.25, 0.3) is 0 Å². The Morgan fingerprint density at radius 2 is 1.47 bits per heavy atom. The average Bonchev–Trinajstić information content (AvgIpc) is 3.32. The zero-order valence-electron chi connectivity index (χ0n) is 25.4. The van der Waals surface area contributed by atoms with Crippen LogP contribution in [0.5, 0.6) is 5.75 Å². The molecule has 2 saturated heterocycles. The quantitative estimate of drug-likeness (QED) is 0.0962. The molecule has 4 atom stereocenters. The summed E-state index contributed by atoms with van der Waals surface area (Å²) in [4.78, 5) is 66.2. The van der Waals surface area contributed by atoms with Crippen LogP contribution in [0.2, 0.25) is 0 Å². The standard InChI is InChI=1S/C33H32ClN3O9S/c1-33(2)26(30(40)43-17-20-9-5-3-6-10-20)37-28(39)25(29(37)47-33)35-27(38)24(36-31(41)44-18-21-11-7-4-8-12-21)22-13-15-23(16-14-22)46-32(42)45-19-34/h3-16,24-26,29H,17-19H2,1-2H3,(H,35,38)(H,36,41)/t24?,25-,26+,29-/m1/s1. The van der Waals surface area contributed by atoms with Gasteiger partial charge in [-0.15, -0.1) is 11.8 Å². The van der Waals surface area contributed by atoms with Gasteiger partial charge in [0.2, 0.25) is 11.8 Å². The molecule has 0 aromatic heterocycles. The molecule has 2 aliphatic rings. The Bertz CT molecular complexity index is 1610. The van der Waals surface area contributed by atoms with E-state index in [1.807, 2.05) is 50.2 Å². The highest BCUT2D eigenvalue weighted by Crippen LogP contribution is 2.51. The van der Waals surface area contributed by atoms with E-state index in [-0.39, 0.29) is 19.0 Å². The molecule has 5 rings (SSSR count). The van der Waals surface area contributed by atoms with Crippen LogP contribution >= 0.6 is 23.4 Å². The summed E-state index contributed by atoms with van der Waals surface area (Å²) >= 11 is 6.76. The lowest BCUT2D eigenvalue weighted by Gasteiger charge is -2.44. The molecule has 47 heavy (non-hydrogen) atoms. The van der Waals surface area contributed by atoms with Crippen molar-refractivity contribution in [3.63, 3.8) is 0 Å². The number of hydrogen-bond acceptors (Lipinski definition) is 10. The number of nitrogens with zero attached hydrogens (tertiary/aromatic N) is 1. The number of ether oxygens (including phenoxy) is 4. The van der Waals surface area contributed by atoms with Crippen molar-refractivity contribution in [1.82, 2.24) is 15.5 Å². The van der Waals surface area contributed by atoms with Gasteiger partial charge in [0, 0.05) is 4.75 Å². The normalized spacial score (nSPS) is 19.8. The molecule has 3 aromatic carbocycles. The minimum Gasteiger partial charge on any atom is -0.459 e.